The van der Waals surface area contributed by atoms with Gasteiger partial charge in [0.1, 0.15) is 12.2 Å². The quantitative estimate of drug-likeness (QED) is 0.283. The third kappa shape index (κ3) is 9.27. The number of rotatable bonds is 5. The molecule has 0 saturated carbocycles. The van der Waals surface area contributed by atoms with E-state index in [-0.39, 0.29) is 29.6 Å². The first kappa shape index (κ1) is 23.8. The van der Waals surface area contributed by atoms with Crippen LogP contribution in [0.4, 0.5) is 0 Å². The molecule has 0 aromatic carbocycles. The Morgan fingerprint density at radius 2 is 1.00 bits per heavy atom. The molecular weight excluding hydrogens is 298 g/mol. The van der Waals surface area contributed by atoms with Gasteiger partial charge >= 0.3 is 92.4 Å². The Morgan fingerprint density at radius 3 is 1.12 bits per heavy atom. The summed E-state index contributed by atoms with van der Waals surface area (Å²) in [6.45, 7) is 0. The molecule has 0 spiro atoms. The summed E-state index contributed by atoms with van der Waals surface area (Å²) in [6.07, 6.45) is -9.28. The number of hydrogen-bond donors (Lipinski definition) is 6. The van der Waals surface area contributed by atoms with Crippen LogP contribution in [0, 0.1) is 0 Å². The number of aliphatic hydroxyl groups excluding tert-OH is 4. The van der Waals surface area contributed by atoms with E-state index in [2.05, 4.69) is 0 Å². The summed E-state index contributed by atoms with van der Waals surface area (Å²) in [5.41, 5.74) is 0. The SMILES string of the molecule is O=C(O)C(O)C(O)C(O)C(O)C(=O)O.[Cl][K].[NaH]. The predicted molar refractivity (Wildman–Crippen MR) is 58.1 cm³/mol. The van der Waals surface area contributed by atoms with Crippen LogP contribution in [-0.4, -0.2) is 144 Å². The van der Waals surface area contributed by atoms with Crippen molar-refractivity contribution in [1.82, 2.24) is 0 Å². The molecule has 0 radical (unpaired) electrons. The van der Waals surface area contributed by atoms with Gasteiger partial charge in [-0.1, -0.05) is 0 Å². The zero-order valence-corrected chi connectivity index (χ0v) is 12.1. The van der Waals surface area contributed by atoms with Crippen molar-refractivity contribution in [2.24, 2.45) is 0 Å². The monoisotopic (exact) mass is 308 g/mol. The fraction of sp³-hybridized carbons (Fsp3) is 0.667. The van der Waals surface area contributed by atoms with Crippen LogP contribution < -0.4 is 0 Å². The Kier molecular flexibility index (Phi) is 17.8. The van der Waals surface area contributed by atoms with Gasteiger partial charge in [0.25, 0.3) is 0 Å². The molecule has 0 rings (SSSR count). The molecule has 0 aromatic heterocycles. The van der Waals surface area contributed by atoms with E-state index in [1.54, 1.807) is 0 Å². The van der Waals surface area contributed by atoms with Crippen molar-refractivity contribution in [2.75, 3.05) is 0 Å². The van der Waals surface area contributed by atoms with Gasteiger partial charge < -0.3 is 30.6 Å². The van der Waals surface area contributed by atoms with Crippen molar-refractivity contribution in [3.05, 3.63) is 0 Å². The molecule has 6 N–H and O–H groups in total. The molecule has 0 aliphatic carbocycles. The van der Waals surface area contributed by atoms with Gasteiger partial charge in [-0.15, -0.1) is 0 Å². The predicted octanol–water partition coefficient (Wildman–Crippen LogP) is -3.74. The Hall–Kier alpha value is 1.71. The second kappa shape index (κ2) is 12.7. The van der Waals surface area contributed by atoms with Crippen molar-refractivity contribution >= 4 is 92.4 Å². The summed E-state index contributed by atoms with van der Waals surface area (Å²) in [5, 5.41) is 51.5. The first-order valence-electron chi connectivity index (χ1n) is 3.84. The molecule has 0 bridgehead atoms. The standard InChI is InChI=1S/C6H10O8.ClH.K.Na.H/c7-1(3(9)5(11)12)2(8)4(10)6(13)14;;;;/h1-4,7-10H,(H,11,12)(H,13,14);1H;;;/q;;+1;;/p-1. The molecule has 0 aliphatic rings. The molecule has 0 saturated heterocycles. The van der Waals surface area contributed by atoms with Crippen LogP contribution in [0.2, 0.25) is 0 Å². The third-order valence-corrected chi connectivity index (χ3v) is 1.50. The van der Waals surface area contributed by atoms with E-state index < -0.39 is 36.4 Å². The Bertz CT molecular complexity index is 218. The second-order valence-electron chi connectivity index (χ2n) is 2.55. The minimum absolute atomic E-state index is 0. The number of aliphatic carboxylic acids is 2. The summed E-state index contributed by atoms with van der Waals surface area (Å²) >= 11 is 0.535. The van der Waals surface area contributed by atoms with Gasteiger partial charge in [0.2, 0.25) is 0 Å². The van der Waals surface area contributed by atoms with Crippen molar-refractivity contribution in [1.29, 1.82) is 0 Å². The van der Waals surface area contributed by atoms with E-state index in [0.717, 1.165) is 0 Å². The fourth-order valence-electron chi connectivity index (χ4n) is 0.666. The van der Waals surface area contributed by atoms with Crippen LogP contribution in [-0.2, 0) is 9.59 Å². The molecular formula is C6H11ClKNaO8. The molecule has 0 aliphatic heterocycles. The van der Waals surface area contributed by atoms with E-state index in [0.29, 0.717) is 47.1 Å². The normalized spacial score (nSPS) is 16.4. The topological polar surface area (TPSA) is 156 Å². The van der Waals surface area contributed by atoms with Gasteiger partial charge in [-0.2, -0.15) is 0 Å². The summed E-state index contributed by atoms with van der Waals surface area (Å²) in [4.78, 5) is 20.2. The third-order valence-electron chi connectivity index (χ3n) is 1.50. The average molecular weight is 309 g/mol. The number of carboxylic acids is 2. The Labute approximate surface area is 154 Å². The number of aliphatic hydroxyl groups is 4. The molecule has 0 amide bonds. The Balaban J connectivity index is -0.000000616. The molecule has 4 unspecified atom stereocenters. The number of carbonyl (C=O) groups is 2. The summed E-state index contributed by atoms with van der Waals surface area (Å²) in [5.74, 6) is -3.68. The maximum absolute atomic E-state index is 10.1. The molecule has 0 fully saturated rings. The first-order chi connectivity index (χ1) is 7.29. The van der Waals surface area contributed by atoms with Crippen LogP contribution in [0.3, 0.4) is 0 Å². The van der Waals surface area contributed by atoms with Gasteiger partial charge in [-0.3, -0.25) is 0 Å². The zero-order chi connectivity index (χ0) is 13.5. The maximum atomic E-state index is 10.1. The molecule has 8 nitrogen and oxygen atoms in total. The van der Waals surface area contributed by atoms with Crippen LogP contribution in [0.1, 0.15) is 0 Å². The van der Waals surface area contributed by atoms with E-state index in [4.69, 9.17) is 34.4 Å². The summed E-state index contributed by atoms with van der Waals surface area (Å²) in [7, 11) is 0. The van der Waals surface area contributed by atoms with Gasteiger partial charge in [0.05, 0.1) is 0 Å². The van der Waals surface area contributed by atoms with Crippen LogP contribution in [0.5, 0.6) is 0 Å². The van der Waals surface area contributed by atoms with Gasteiger partial charge in [-0.25, -0.2) is 9.59 Å². The fourth-order valence-corrected chi connectivity index (χ4v) is 0.666. The van der Waals surface area contributed by atoms with Crippen LogP contribution >= 0.6 is 3.76 Å². The molecule has 11 heteroatoms. The van der Waals surface area contributed by atoms with E-state index in [1.807, 2.05) is 0 Å². The van der Waals surface area contributed by atoms with E-state index in [1.165, 1.54) is 0 Å². The molecule has 0 heterocycles. The summed E-state index contributed by atoms with van der Waals surface area (Å²) < 4.78 is 4.83. The van der Waals surface area contributed by atoms with Crippen molar-refractivity contribution in [3.63, 3.8) is 0 Å². The van der Waals surface area contributed by atoms with Gasteiger partial charge in [-0.05, 0) is 0 Å². The minimum atomic E-state index is -2.36. The number of halogens is 1. The van der Waals surface area contributed by atoms with Crippen LogP contribution in [0.15, 0.2) is 0 Å². The molecule has 92 valence electrons. The molecule has 4 atom stereocenters. The van der Waals surface area contributed by atoms with E-state index in [9.17, 15) is 9.59 Å². The molecule has 0 aromatic rings. The van der Waals surface area contributed by atoms with Crippen molar-refractivity contribution in [2.45, 2.75) is 24.4 Å². The first-order valence-corrected chi connectivity index (χ1v) is 8.14. The van der Waals surface area contributed by atoms with Gasteiger partial charge in [0, 0.05) is 0 Å². The molecule has 17 heavy (non-hydrogen) atoms. The average Bonchev–Trinajstić information content (AvgIpc) is 2.27. The van der Waals surface area contributed by atoms with Gasteiger partial charge in [0.15, 0.2) is 12.2 Å². The van der Waals surface area contributed by atoms with E-state index >= 15 is 0 Å². The summed E-state index contributed by atoms with van der Waals surface area (Å²) in [6, 6.07) is 0. The van der Waals surface area contributed by atoms with Crippen molar-refractivity contribution < 1.29 is 40.2 Å². The Morgan fingerprint density at radius 1 is 0.824 bits per heavy atom. The number of hydrogen-bond acceptors (Lipinski definition) is 6. The van der Waals surface area contributed by atoms with Crippen LogP contribution in [0.25, 0.3) is 0 Å². The number of carboxylic acid groups (broad SMARTS) is 2. The zero-order valence-electron chi connectivity index (χ0n) is 8.19. The van der Waals surface area contributed by atoms with Crippen molar-refractivity contribution in [3.8, 4) is 0 Å². The second-order valence-corrected chi connectivity index (χ2v) is 2.55.